The maximum atomic E-state index is 3.51. The third kappa shape index (κ3) is 5.24. The van der Waals surface area contributed by atoms with Crippen LogP contribution in [0.1, 0.15) is 34.1 Å². The van der Waals surface area contributed by atoms with E-state index in [1.165, 1.54) is 37.4 Å². The number of nitrogens with zero attached hydrogens (tertiary/aromatic N) is 2. The zero-order valence-corrected chi connectivity index (χ0v) is 14.2. The van der Waals surface area contributed by atoms with Crippen LogP contribution in [0.25, 0.3) is 0 Å². The third-order valence-corrected chi connectivity index (χ3v) is 3.97. The quantitative estimate of drug-likeness (QED) is 0.892. The zero-order valence-electron chi connectivity index (χ0n) is 14.2. The maximum Gasteiger partial charge on any atom is 0.0368 e. The second-order valence-electron chi connectivity index (χ2n) is 7.29. The van der Waals surface area contributed by atoms with Gasteiger partial charge in [0.1, 0.15) is 0 Å². The molecular formula is C18H31N3. The van der Waals surface area contributed by atoms with Gasteiger partial charge in [-0.05, 0) is 42.6 Å². The van der Waals surface area contributed by atoms with E-state index in [9.17, 15) is 0 Å². The topological polar surface area (TPSA) is 18.5 Å². The Kier molecular flexibility index (Phi) is 5.51. The highest BCUT2D eigenvalue weighted by Crippen LogP contribution is 2.21. The highest BCUT2D eigenvalue weighted by atomic mass is 15.3. The molecule has 21 heavy (non-hydrogen) atoms. The van der Waals surface area contributed by atoms with E-state index in [-0.39, 0.29) is 0 Å². The molecule has 0 aliphatic carbocycles. The molecule has 0 atom stereocenters. The summed E-state index contributed by atoms with van der Waals surface area (Å²) in [7, 11) is 0. The van der Waals surface area contributed by atoms with Crippen LogP contribution in [0.15, 0.2) is 24.3 Å². The molecule has 3 nitrogen and oxygen atoms in total. The van der Waals surface area contributed by atoms with E-state index in [4.69, 9.17) is 0 Å². The number of hydrogen-bond acceptors (Lipinski definition) is 3. The Hall–Kier alpha value is -1.22. The Bertz CT molecular complexity index is 411. The second-order valence-corrected chi connectivity index (χ2v) is 7.29. The lowest BCUT2D eigenvalue weighted by Gasteiger charge is -2.36. The zero-order chi connectivity index (χ0) is 15.3. The fraction of sp³-hybridized carbons (Fsp3) is 0.667. The number of piperazine rings is 1. The van der Waals surface area contributed by atoms with Gasteiger partial charge < -0.3 is 10.2 Å². The Labute approximate surface area is 130 Å². The highest BCUT2D eigenvalue weighted by Gasteiger charge is 2.16. The van der Waals surface area contributed by atoms with Crippen LogP contribution in [0.3, 0.4) is 0 Å². The van der Waals surface area contributed by atoms with Gasteiger partial charge in [-0.15, -0.1) is 0 Å². The molecule has 1 aliphatic rings. The number of anilines is 2. The lowest BCUT2D eigenvalue weighted by molar-refractivity contribution is 0.258. The van der Waals surface area contributed by atoms with E-state index in [2.05, 4.69) is 67.1 Å². The molecule has 0 unspecified atom stereocenters. The first-order valence-electron chi connectivity index (χ1n) is 8.29. The minimum atomic E-state index is 0.314. The third-order valence-electron chi connectivity index (χ3n) is 3.97. The van der Waals surface area contributed by atoms with Crippen molar-refractivity contribution < 1.29 is 0 Å². The minimum absolute atomic E-state index is 0.314. The predicted molar refractivity (Wildman–Crippen MR) is 93.3 cm³/mol. The normalized spacial score (nSPS) is 17.0. The molecule has 0 aromatic heterocycles. The molecule has 1 N–H and O–H groups in total. The monoisotopic (exact) mass is 289 g/mol. The van der Waals surface area contributed by atoms with Crippen LogP contribution in [0.4, 0.5) is 11.4 Å². The van der Waals surface area contributed by atoms with Crippen molar-refractivity contribution in [1.29, 1.82) is 0 Å². The van der Waals surface area contributed by atoms with Crippen molar-refractivity contribution in [3.05, 3.63) is 24.3 Å². The minimum Gasteiger partial charge on any atom is -0.385 e. The molecule has 3 heteroatoms. The fourth-order valence-electron chi connectivity index (χ4n) is 2.70. The molecule has 2 rings (SSSR count). The lowest BCUT2D eigenvalue weighted by Crippen LogP contribution is -2.46. The Balaban J connectivity index is 1.85. The van der Waals surface area contributed by atoms with Crippen LogP contribution >= 0.6 is 0 Å². The van der Waals surface area contributed by atoms with E-state index in [0.717, 1.165) is 19.6 Å². The van der Waals surface area contributed by atoms with E-state index < -0.39 is 0 Å². The van der Waals surface area contributed by atoms with E-state index in [0.29, 0.717) is 5.41 Å². The standard InChI is InChI=1S/C18H31N3/c1-5-10-20-11-13-21(14-12-20)17-8-6-16(7-9-17)19-15-18(2,3)4/h6-9,19H,5,10-15H2,1-4H3. The van der Waals surface area contributed by atoms with Crippen molar-refractivity contribution in [2.24, 2.45) is 5.41 Å². The van der Waals surface area contributed by atoms with Crippen LogP contribution in [-0.4, -0.2) is 44.2 Å². The van der Waals surface area contributed by atoms with Gasteiger partial charge in [-0.1, -0.05) is 27.7 Å². The van der Waals surface area contributed by atoms with Gasteiger partial charge in [0, 0.05) is 44.1 Å². The van der Waals surface area contributed by atoms with Gasteiger partial charge in [0.2, 0.25) is 0 Å². The predicted octanol–water partition coefficient (Wildman–Crippen LogP) is 3.68. The van der Waals surface area contributed by atoms with Crippen molar-refractivity contribution in [2.45, 2.75) is 34.1 Å². The second kappa shape index (κ2) is 7.17. The molecule has 0 amide bonds. The maximum absolute atomic E-state index is 3.51. The van der Waals surface area contributed by atoms with Crippen LogP contribution in [0, 0.1) is 5.41 Å². The number of hydrogen-bond donors (Lipinski definition) is 1. The molecule has 1 saturated heterocycles. The van der Waals surface area contributed by atoms with Gasteiger partial charge in [0.25, 0.3) is 0 Å². The molecule has 1 fully saturated rings. The summed E-state index contributed by atoms with van der Waals surface area (Å²) >= 11 is 0. The molecule has 1 heterocycles. The van der Waals surface area contributed by atoms with Crippen LogP contribution in [0.5, 0.6) is 0 Å². The molecule has 0 bridgehead atoms. The average molecular weight is 289 g/mol. The number of benzene rings is 1. The highest BCUT2D eigenvalue weighted by molar-refractivity contribution is 5.55. The summed E-state index contributed by atoms with van der Waals surface area (Å²) in [6.45, 7) is 15.9. The van der Waals surface area contributed by atoms with Crippen LogP contribution in [-0.2, 0) is 0 Å². The molecular weight excluding hydrogens is 258 g/mol. The fourth-order valence-corrected chi connectivity index (χ4v) is 2.70. The molecule has 0 saturated carbocycles. The Morgan fingerprint density at radius 2 is 1.62 bits per heavy atom. The van der Waals surface area contributed by atoms with Gasteiger partial charge in [0.05, 0.1) is 0 Å². The SMILES string of the molecule is CCCN1CCN(c2ccc(NCC(C)(C)C)cc2)CC1. The molecule has 1 aromatic carbocycles. The Morgan fingerprint density at radius 3 is 2.14 bits per heavy atom. The summed E-state index contributed by atoms with van der Waals surface area (Å²) in [5, 5.41) is 3.51. The number of nitrogens with one attached hydrogen (secondary N) is 1. The number of rotatable bonds is 5. The lowest BCUT2D eigenvalue weighted by atomic mass is 9.97. The van der Waals surface area contributed by atoms with Gasteiger partial charge in [-0.2, -0.15) is 0 Å². The Morgan fingerprint density at radius 1 is 1.00 bits per heavy atom. The van der Waals surface area contributed by atoms with Crippen molar-refractivity contribution >= 4 is 11.4 Å². The van der Waals surface area contributed by atoms with Crippen LogP contribution < -0.4 is 10.2 Å². The van der Waals surface area contributed by atoms with E-state index >= 15 is 0 Å². The first-order chi connectivity index (χ1) is 9.98. The smallest absolute Gasteiger partial charge is 0.0368 e. The summed E-state index contributed by atoms with van der Waals surface area (Å²) in [6.07, 6.45) is 1.26. The summed E-state index contributed by atoms with van der Waals surface area (Å²) in [5.41, 5.74) is 2.89. The van der Waals surface area contributed by atoms with E-state index in [1.807, 2.05) is 0 Å². The van der Waals surface area contributed by atoms with Gasteiger partial charge in [-0.3, -0.25) is 4.90 Å². The summed E-state index contributed by atoms with van der Waals surface area (Å²) in [6, 6.07) is 8.92. The van der Waals surface area contributed by atoms with Crippen molar-refractivity contribution in [3.63, 3.8) is 0 Å². The first-order valence-corrected chi connectivity index (χ1v) is 8.29. The van der Waals surface area contributed by atoms with E-state index in [1.54, 1.807) is 0 Å². The first kappa shape index (κ1) is 16.2. The van der Waals surface area contributed by atoms with Crippen molar-refractivity contribution in [1.82, 2.24) is 4.90 Å². The van der Waals surface area contributed by atoms with Gasteiger partial charge >= 0.3 is 0 Å². The van der Waals surface area contributed by atoms with Gasteiger partial charge in [0.15, 0.2) is 0 Å². The van der Waals surface area contributed by atoms with Crippen molar-refractivity contribution in [2.75, 3.05) is 49.5 Å². The van der Waals surface area contributed by atoms with Crippen LogP contribution in [0.2, 0.25) is 0 Å². The molecule has 0 radical (unpaired) electrons. The van der Waals surface area contributed by atoms with Crippen molar-refractivity contribution in [3.8, 4) is 0 Å². The summed E-state index contributed by atoms with van der Waals surface area (Å²) in [5.74, 6) is 0. The molecule has 1 aromatic rings. The molecule has 118 valence electrons. The van der Waals surface area contributed by atoms with Gasteiger partial charge in [-0.25, -0.2) is 0 Å². The largest absolute Gasteiger partial charge is 0.385 e. The summed E-state index contributed by atoms with van der Waals surface area (Å²) in [4.78, 5) is 5.06. The summed E-state index contributed by atoms with van der Waals surface area (Å²) < 4.78 is 0. The average Bonchev–Trinajstić information content (AvgIpc) is 2.46. The molecule has 0 spiro atoms. The molecule has 1 aliphatic heterocycles.